The minimum Gasteiger partial charge on any atom is -0.350 e. The maximum Gasteiger partial charge on any atom is 0.271 e. The Kier molecular flexibility index (Phi) is 5.74. The van der Waals surface area contributed by atoms with Crippen molar-refractivity contribution < 1.29 is 14.4 Å². The molecule has 32 heavy (non-hydrogen) atoms. The summed E-state index contributed by atoms with van der Waals surface area (Å²) >= 11 is 0. The quantitative estimate of drug-likeness (QED) is 0.628. The van der Waals surface area contributed by atoms with Gasteiger partial charge in [-0.05, 0) is 44.0 Å². The van der Waals surface area contributed by atoms with Crippen LogP contribution < -0.4 is 10.6 Å². The van der Waals surface area contributed by atoms with Gasteiger partial charge >= 0.3 is 0 Å². The van der Waals surface area contributed by atoms with Crippen molar-refractivity contribution in [3.8, 4) is 0 Å². The molecule has 0 aliphatic carbocycles. The van der Waals surface area contributed by atoms with Crippen molar-refractivity contribution in [3.63, 3.8) is 0 Å². The predicted molar refractivity (Wildman–Crippen MR) is 123 cm³/mol. The molecular formula is C25H28N4O3. The maximum atomic E-state index is 13.2. The smallest absolute Gasteiger partial charge is 0.271 e. The van der Waals surface area contributed by atoms with E-state index in [4.69, 9.17) is 0 Å². The number of aromatic nitrogens is 1. The first-order valence-electron chi connectivity index (χ1n) is 10.8. The summed E-state index contributed by atoms with van der Waals surface area (Å²) in [6, 6.07) is 17.5. The number of nitrogens with zero attached hydrogens (tertiary/aromatic N) is 2. The molecule has 7 nitrogen and oxygen atoms in total. The molecule has 7 heteroatoms. The van der Waals surface area contributed by atoms with Gasteiger partial charge in [-0.2, -0.15) is 0 Å². The molecule has 4 rings (SSSR count). The Labute approximate surface area is 187 Å². The van der Waals surface area contributed by atoms with Gasteiger partial charge in [0.25, 0.3) is 5.91 Å². The summed E-state index contributed by atoms with van der Waals surface area (Å²) in [5, 5.41) is 6.55. The molecule has 0 unspecified atom stereocenters. The normalized spacial score (nSPS) is 17.8. The highest BCUT2D eigenvalue weighted by atomic mass is 16.2. The van der Waals surface area contributed by atoms with Crippen LogP contribution in [-0.4, -0.2) is 45.8 Å². The minimum atomic E-state index is -1.10. The van der Waals surface area contributed by atoms with Crippen molar-refractivity contribution in [3.05, 3.63) is 71.4 Å². The van der Waals surface area contributed by atoms with Gasteiger partial charge in [0.05, 0.1) is 13.1 Å². The van der Waals surface area contributed by atoms with Gasteiger partial charge in [0.2, 0.25) is 11.8 Å². The van der Waals surface area contributed by atoms with Gasteiger partial charge in [-0.1, -0.05) is 42.5 Å². The molecular weight excluding hydrogens is 404 g/mol. The lowest BCUT2D eigenvalue weighted by molar-refractivity contribution is -0.134. The van der Waals surface area contributed by atoms with Crippen molar-refractivity contribution in [2.24, 2.45) is 0 Å². The first kappa shape index (κ1) is 21.6. The van der Waals surface area contributed by atoms with Crippen LogP contribution in [0.5, 0.6) is 0 Å². The van der Waals surface area contributed by atoms with Crippen molar-refractivity contribution in [2.75, 3.05) is 13.1 Å². The van der Waals surface area contributed by atoms with Crippen LogP contribution >= 0.6 is 0 Å². The summed E-state index contributed by atoms with van der Waals surface area (Å²) < 4.78 is 1.90. The zero-order valence-electron chi connectivity index (χ0n) is 18.6. The van der Waals surface area contributed by atoms with Crippen LogP contribution in [0.1, 0.15) is 35.5 Å². The first-order valence-corrected chi connectivity index (χ1v) is 10.8. The number of fused-ring (bicyclic) bond motifs is 3. The van der Waals surface area contributed by atoms with E-state index in [1.54, 1.807) is 11.8 Å². The van der Waals surface area contributed by atoms with Gasteiger partial charge in [-0.15, -0.1) is 0 Å². The Morgan fingerprint density at radius 2 is 1.78 bits per heavy atom. The Hall–Kier alpha value is -3.61. The molecule has 0 radical (unpaired) electrons. The molecule has 2 aromatic carbocycles. The van der Waals surface area contributed by atoms with Gasteiger partial charge in [-0.3, -0.25) is 14.4 Å². The Morgan fingerprint density at radius 1 is 1.06 bits per heavy atom. The first-order chi connectivity index (χ1) is 15.3. The molecule has 0 spiro atoms. The Morgan fingerprint density at radius 3 is 2.53 bits per heavy atom. The van der Waals surface area contributed by atoms with Gasteiger partial charge in [0.15, 0.2) is 0 Å². The summed E-state index contributed by atoms with van der Waals surface area (Å²) in [5.41, 5.74) is 2.52. The molecule has 166 valence electrons. The predicted octanol–water partition coefficient (Wildman–Crippen LogP) is 2.62. The Balaban J connectivity index is 1.48. The van der Waals surface area contributed by atoms with Crippen LogP contribution in [0.4, 0.5) is 0 Å². The third kappa shape index (κ3) is 3.75. The second-order valence-electron chi connectivity index (χ2n) is 8.38. The van der Waals surface area contributed by atoms with Crippen LogP contribution in [0.3, 0.4) is 0 Å². The molecule has 0 saturated heterocycles. The van der Waals surface area contributed by atoms with Crippen LogP contribution in [0.15, 0.2) is 54.6 Å². The third-order valence-corrected chi connectivity index (χ3v) is 6.29. The average molecular weight is 433 g/mol. The second kappa shape index (κ2) is 8.49. The number of benzene rings is 2. The van der Waals surface area contributed by atoms with Crippen molar-refractivity contribution in [1.29, 1.82) is 0 Å². The summed E-state index contributed by atoms with van der Waals surface area (Å²) in [4.78, 5) is 40.4. The number of hydrogen-bond donors (Lipinski definition) is 2. The topological polar surface area (TPSA) is 83.4 Å². The number of nitrogens with one attached hydrogen (secondary N) is 2. The Bertz CT molecular complexity index is 1200. The van der Waals surface area contributed by atoms with Crippen LogP contribution in [0.25, 0.3) is 10.9 Å². The van der Waals surface area contributed by atoms with E-state index in [1.165, 1.54) is 0 Å². The van der Waals surface area contributed by atoms with Gasteiger partial charge in [0.1, 0.15) is 11.2 Å². The number of rotatable bonds is 6. The van der Waals surface area contributed by atoms with E-state index >= 15 is 0 Å². The summed E-state index contributed by atoms with van der Waals surface area (Å²) in [6.07, 6.45) is 0. The van der Waals surface area contributed by atoms with Gasteiger partial charge < -0.3 is 20.1 Å². The largest absolute Gasteiger partial charge is 0.350 e. The lowest BCUT2D eigenvalue weighted by atomic mass is 9.94. The number of carbonyl (C=O) groups excluding carboxylic acids is 3. The summed E-state index contributed by atoms with van der Waals surface area (Å²) in [5.74, 6) is -0.804. The van der Waals surface area contributed by atoms with E-state index in [0.717, 1.165) is 22.0 Å². The van der Waals surface area contributed by atoms with Crippen LogP contribution in [0.2, 0.25) is 0 Å². The molecule has 0 fully saturated rings. The van der Waals surface area contributed by atoms with Gasteiger partial charge in [0, 0.05) is 24.0 Å². The minimum absolute atomic E-state index is 0.147. The third-order valence-electron chi connectivity index (χ3n) is 6.29. The SMILES string of the molecule is CCN1C(=O)c2cc3ccccc3n2C[C@@]1(C)C(=O)NCC(=O)NCc1ccccc1C. The van der Waals surface area contributed by atoms with E-state index in [1.807, 2.05) is 73.0 Å². The molecule has 1 aliphatic heterocycles. The van der Waals surface area contributed by atoms with E-state index < -0.39 is 5.54 Å². The highest BCUT2D eigenvalue weighted by Crippen LogP contribution is 2.32. The number of carbonyl (C=O) groups is 3. The number of likely N-dealkylation sites (N-methyl/N-ethyl adjacent to an activating group) is 1. The van der Waals surface area contributed by atoms with E-state index in [0.29, 0.717) is 25.3 Å². The van der Waals surface area contributed by atoms with Crippen molar-refractivity contribution >= 4 is 28.6 Å². The highest BCUT2D eigenvalue weighted by Gasteiger charge is 2.46. The van der Waals surface area contributed by atoms with E-state index in [-0.39, 0.29) is 24.3 Å². The van der Waals surface area contributed by atoms with Crippen LogP contribution in [0, 0.1) is 6.92 Å². The second-order valence-corrected chi connectivity index (χ2v) is 8.38. The van der Waals surface area contributed by atoms with E-state index in [2.05, 4.69) is 10.6 Å². The standard InChI is InChI=1S/C25H28N4O3/c1-4-29-23(31)21-13-18-10-7-8-12-20(18)28(21)16-25(29,3)24(32)27-15-22(30)26-14-19-11-6-5-9-17(19)2/h5-13H,4,14-16H2,1-3H3,(H,26,30)(H,27,32)/t25-/m0/s1. The zero-order valence-corrected chi connectivity index (χ0v) is 18.6. The molecule has 0 saturated carbocycles. The highest BCUT2D eigenvalue weighted by molar-refractivity contribution is 6.04. The molecule has 1 aliphatic rings. The fourth-order valence-electron chi connectivity index (χ4n) is 4.42. The number of para-hydroxylation sites is 1. The maximum absolute atomic E-state index is 13.2. The molecule has 2 heterocycles. The number of amides is 3. The fraction of sp³-hybridized carbons (Fsp3) is 0.320. The lowest BCUT2D eigenvalue weighted by Crippen LogP contribution is -2.64. The molecule has 1 aromatic heterocycles. The molecule has 0 bridgehead atoms. The number of aryl methyl sites for hydroxylation is 1. The van der Waals surface area contributed by atoms with E-state index in [9.17, 15) is 14.4 Å². The average Bonchev–Trinajstić information content (AvgIpc) is 3.15. The molecule has 2 N–H and O–H groups in total. The summed E-state index contributed by atoms with van der Waals surface area (Å²) in [7, 11) is 0. The lowest BCUT2D eigenvalue weighted by Gasteiger charge is -2.43. The summed E-state index contributed by atoms with van der Waals surface area (Å²) in [6.45, 7) is 6.57. The fourth-order valence-corrected chi connectivity index (χ4v) is 4.42. The van der Waals surface area contributed by atoms with Crippen LogP contribution in [-0.2, 0) is 22.7 Å². The van der Waals surface area contributed by atoms with Crippen molar-refractivity contribution in [1.82, 2.24) is 20.1 Å². The molecule has 3 aromatic rings. The van der Waals surface area contributed by atoms with Crippen molar-refractivity contribution in [2.45, 2.75) is 39.4 Å². The number of hydrogen-bond acceptors (Lipinski definition) is 3. The monoisotopic (exact) mass is 432 g/mol. The molecule has 1 atom stereocenters. The molecule has 3 amide bonds. The zero-order chi connectivity index (χ0) is 22.9. The van der Waals surface area contributed by atoms with Gasteiger partial charge in [-0.25, -0.2) is 0 Å².